The predicted molar refractivity (Wildman–Crippen MR) is 71.0 cm³/mol. The van der Waals surface area contributed by atoms with Crippen LogP contribution in [0.3, 0.4) is 0 Å². The first-order chi connectivity index (χ1) is 7.72. The number of aryl methyl sites for hydroxylation is 2. The number of rotatable bonds is 4. The Hall–Kier alpha value is -1.16. The van der Waals surface area contributed by atoms with Crippen LogP contribution in [0.5, 0.6) is 0 Å². The lowest BCUT2D eigenvalue weighted by atomic mass is 10.2. The first-order valence-corrected chi connectivity index (χ1v) is 6.83. The second kappa shape index (κ2) is 4.78. The number of thioether (sulfide) groups is 1. The molecule has 2 aromatic rings. The molecule has 0 amide bonds. The maximum atomic E-state index is 6.06. The van der Waals surface area contributed by atoms with E-state index in [-0.39, 0.29) is 0 Å². The van der Waals surface area contributed by atoms with Crippen LogP contribution in [0.4, 0.5) is 5.82 Å². The molecule has 2 N–H and O–H groups in total. The van der Waals surface area contributed by atoms with Gasteiger partial charge in [-0.1, -0.05) is 0 Å². The zero-order valence-corrected chi connectivity index (χ0v) is 10.5. The maximum Gasteiger partial charge on any atom is 0.138 e. The van der Waals surface area contributed by atoms with Gasteiger partial charge in [0.15, 0.2) is 0 Å². The maximum absolute atomic E-state index is 6.06. The molecule has 0 atom stereocenters. The quantitative estimate of drug-likeness (QED) is 0.828. The summed E-state index contributed by atoms with van der Waals surface area (Å²) < 4.78 is 1.96. The molecule has 3 nitrogen and oxygen atoms in total. The average molecular weight is 235 g/mol. The topological polar surface area (TPSA) is 43.3 Å². The molecule has 86 valence electrons. The van der Waals surface area contributed by atoms with Crippen molar-refractivity contribution in [2.24, 2.45) is 0 Å². The van der Waals surface area contributed by atoms with Crippen molar-refractivity contribution in [1.82, 2.24) is 9.38 Å². The van der Waals surface area contributed by atoms with Crippen LogP contribution < -0.4 is 5.73 Å². The Kier molecular flexibility index (Phi) is 3.39. The molecule has 0 radical (unpaired) electrons. The monoisotopic (exact) mass is 235 g/mol. The third kappa shape index (κ3) is 2.16. The lowest BCUT2D eigenvalue weighted by Crippen LogP contribution is -1.97. The lowest BCUT2D eigenvalue weighted by Gasteiger charge is -1.98. The third-order valence-corrected chi connectivity index (χ3v) is 3.35. The summed E-state index contributed by atoms with van der Waals surface area (Å²) in [5, 5.41) is 0. The molecule has 0 aromatic carbocycles. The zero-order chi connectivity index (χ0) is 11.5. The van der Waals surface area contributed by atoms with E-state index in [1.165, 1.54) is 5.56 Å². The number of pyridine rings is 1. The van der Waals surface area contributed by atoms with Gasteiger partial charge < -0.3 is 5.73 Å². The van der Waals surface area contributed by atoms with Crippen LogP contribution in [0.2, 0.25) is 0 Å². The number of nitrogens with two attached hydrogens (primary N) is 1. The normalized spacial score (nSPS) is 11.1. The van der Waals surface area contributed by atoms with Gasteiger partial charge in [0.2, 0.25) is 0 Å². The minimum absolute atomic E-state index is 0.788. The molecule has 0 saturated heterocycles. The highest BCUT2D eigenvalue weighted by Crippen LogP contribution is 2.17. The number of nitrogen functional groups attached to an aromatic ring is 1. The van der Waals surface area contributed by atoms with E-state index in [1.807, 2.05) is 22.4 Å². The molecule has 0 bridgehead atoms. The molecule has 0 aliphatic rings. The summed E-state index contributed by atoms with van der Waals surface area (Å²) in [6, 6.07) is 4.12. The number of fused-ring (bicyclic) bond motifs is 1. The highest BCUT2D eigenvalue weighted by Gasteiger charge is 2.08. The number of imidazole rings is 1. The van der Waals surface area contributed by atoms with Crippen molar-refractivity contribution in [3.63, 3.8) is 0 Å². The fraction of sp³-hybridized carbons (Fsp3) is 0.417. The van der Waals surface area contributed by atoms with Crippen LogP contribution >= 0.6 is 11.8 Å². The Bertz CT molecular complexity index is 490. The van der Waals surface area contributed by atoms with E-state index in [0.717, 1.165) is 35.8 Å². The minimum Gasteiger partial charge on any atom is -0.383 e. The molecule has 4 heteroatoms. The second-order valence-electron chi connectivity index (χ2n) is 3.97. The van der Waals surface area contributed by atoms with Gasteiger partial charge in [-0.3, -0.25) is 4.40 Å². The standard InChI is InChI=1S/C12H17N3S/c1-9-5-6-15-11(8-9)14-10(12(15)13)4-3-7-16-2/h5-6,8H,3-4,7,13H2,1-2H3. The minimum atomic E-state index is 0.788. The Morgan fingerprint density at radius 2 is 2.31 bits per heavy atom. The third-order valence-electron chi connectivity index (χ3n) is 2.66. The molecule has 0 aliphatic carbocycles. The molecule has 16 heavy (non-hydrogen) atoms. The molecule has 2 heterocycles. The summed E-state index contributed by atoms with van der Waals surface area (Å²) in [6.07, 6.45) is 6.21. The SMILES string of the molecule is CSCCCc1nc2cc(C)ccn2c1N. The molecule has 0 fully saturated rings. The number of aromatic nitrogens is 2. The van der Waals surface area contributed by atoms with Gasteiger partial charge in [0, 0.05) is 6.20 Å². The Morgan fingerprint density at radius 3 is 3.06 bits per heavy atom. The molecule has 0 saturated carbocycles. The van der Waals surface area contributed by atoms with Crippen LogP contribution in [0, 0.1) is 6.92 Å². The smallest absolute Gasteiger partial charge is 0.138 e. The van der Waals surface area contributed by atoms with E-state index < -0.39 is 0 Å². The molecule has 2 rings (SSSR count). The Balaban J connectivity index is 2.29. The van der Waals surface area contributed by atoms with Crippen LogP contribution in [0.15, 0.2) is 18.3 Å². The van der Waals surface area contributed by atoms with Crippen molar-refractivity contribution in [2.75, 3.05) is 17.7 Å². The fourth-order valence-corrected chi connectivity index (χ4v) is 2.22. The van der Waals surface area contributed by atoms with E-state index in [1.54, 1.807) is 0 Å². The summed E-state index contributed by atoms with van der Waals surface area (Å²) in [4.78, 5) is 4.57. The second-order valence-corrected chi connectivity index (χ2v) is 4.96. The van der Waals surface area contributed by atoms with Gasteiger partial charge in [0.1, 0.15) is 11.5 Å². The van der Waals surface area contributed by atoms with Gasteiger partial charge in [-0.15, -0.1) is 0 Å². The highest BCUT2D eigenvalue weighted by molar-refractivity contribution is 7.98. The number of anilines is 1. The van der Waals surface area contributed by atoms with Crippen LogP contribution in [0.25, 0.3) is 5.65 Å². The molecule has 0 spiro atoms. The Labute approximate surface area is 100 Å². The van der Waals surface area contributed by atoms with Crippen molar-refractivity contribution in [2.45, 2.75) is 19.8 Å². The molecule has 0 aliphatic heterocycles. The zero-order valence-electron chi connectivity index (χ0n) is 9.73. The molecule has 0 unspecified atom stereocenters. The van der Waals surface area contributed by atoms with Crippen molar-refractivity contribution in [1.29, 1.82) is 0 Å². The average Bonchev–Trinajstić information content (AvgIpc) is 2.56. The van der Waals surface area contributed by atoms with Crippen LogP contribution in [-0.4, -0.2) is 21.4 Å². The van der Waals surface area contributed by atoms with Crippen LogP contribution in [-0.2, 0) is 6.42 Å². The van der Waals surface area contributed by atoms with Gasteiger partial charge in [0.05, 0.1) is 5.69 Å². The van der Waals surface area contributed by atoms with E-state index in [2.05, 4.69) is 30.3 Å². The van der Waals surface area contributed by atoms with E-state index in [0.29, 0.717) is 0 Å². The summed E-state index contributed by atoms with van der Waals surface area (Å²) in [5.41, 5.74) is 9.26. The van der Waals surface area contributed by atoms with Gasteiger partial charge in [-0.2, -0.15) is 11.8 Å². The lowest BCUT2D eigenvalue weighted by molar-refractivity contribution is 0.908. The summed E-state index contributed by atoms with van der Waals surface area (Å²) >= 11 is 1.86. The predicted octanol–water partition coefficient (Wildman–Crippen LogP) is 2.52. The molecular formula is C12H17N3S. The number of nitrogens with zero attached hydrogens (tertiary/aromatic N) is 2. The van der Waals surface area contributed by atoms with Crippen molar-refractivity contribution < 1.29 is 0 Å². The van der Waals surface area contributed by atoms with E-state index >= 15 is 0 Å². The van der Waals surface area contributed by atoms with Gasteiger partial charge in [-0.05, 0) is 49.5 Å². The summed E-state index contributed by atoms with van der Waals surface area (Å²) in [7, 11) is 0. The van der Waals surface area contributed by atoms with Crippen molar-refractivity contribution in [3.8, 4) is 0 Å². The fourth-order valence-electron chi connectivity index (χ4n) is 1.78. The molecule has 2 aromatic heterocycles. The van der Waals surface area contributed by atoms with E-state index in [9.17, 15) is 0 Å². The van der Waals surface area contributed by atoms with Crippen molar-refractivity contribution in [3.05, 3.63) is 29.6 Å². The van der Waals surface area contributed by atoms with Gasteiger partial charge >= 0.3 is 0 Å². The van der Waals surface area contributed by atoms with Crippen LogP contribution in [0.1, 0.15) is 17.7 Å². The highest BCUT2D eigenvalue weighted by atomic mass is 32.2. The summed E-state index contributed by atoms with van der Waals surface area (Å²) in [6.45, 7) is 2.07. The number of hydrogen-bond acceptors (Lipinski definition) is 3. The van der Waals surface area contributed by atoms with Gasteiger partial charge in [0.25, 0.3) is 0 Å². The largest absolute Gasteiger partial charge is 0.383 e. The first-order valence-electron chi connectivity index (χ1n) is 5.44. The molecular weight excluding hydrogens is 218 g/mol. The van der Waals surface area contributed by atoms with E-state index in [4.69, 9.17) is 5.73 Å². The first kappa shape index (κ1) is 11.3. The Morgan fingerprint density at radius 1 is 1.50 bits per heavy atom. The summed E-state index contributed by atoms with van der Waals surface area (Å²) in [5.74, 6) is 1.95. The van der Waals surface area contributed by atoms with Crippen molar-refractivity contribution >= 4 is 23.2 Å². The number of hydrogen-bond donors (Lipinski definition) is 1. The van der Waals surface area contributed by atoms with Gasteiger partial charge in [-0.25, -0.2) is 4.98 Å².